The van der Waals surface area contributed by atoms with Crippen LogP contribution >= 0.6 is 15.9 Å². The molecule has 0 aliphatic carbocycles. The summed E-state index contributed by atoms with van der Waals surface area (Å²) in [5.41, 5.74) is 0. The maximum Gasteiger partial charge on any atom is 0.344 e. The summed E-state index contributed by atoms with van der Waals surface area (Å²) in [7, 11) is 0. The van der Waals surface area contributed by atoms with Crippen molar-refractivity contribution < 1.29 is 23.5 Å². The minimum Gasteiger partial charge on any atom is -0.479 e. The second kappa shape index (κ2) is 8.29. The van der Waals surface area contributed by atoms with Crippen LogP contribution in [-0.4, -0.2) is 42.6 Å². The monoisotopic (exact) mass is 387 g/mol. The number of carbonyl (C=O) groups excluding carboxylic acids is 2. The minimum absolute atomic E-state index is 0.0406. The lowest BCUT2D eigenvalue weighted by atomic mass is 10.0. The van der Waals surface area contributed by atoms with Crippen LogP contribution < -0.4 is 4.74 Å². The van der Waals surface area contributed by atoms with E-state index in [4.69, 9.17) is 9.47 Å². The van der Waals surface area contributed by atoms with E-state index in [1.54, 1.807) is 11.0 Å². The molecule has 126 valence electrons. The largest absolute Gasteiger partial charge is 0.479 e. The first-order valence-corrected chi connectivity index (χ1v) is 8.29. The van der Waals surface area contributed by atoms with Crippen molar-refractivity contribution in [3.05, 3.63) is 28.5 Å². The molecule has 7 heteroatoms. The normalized spacial score (nSPS) is 17.7. The molecule has 1 fully saturated rings. The number of carbonyl (C=O) groups is 2. The Balaban J connectivity index is 1.75. The van der Waals surface area contributed by atoms with Gasteiger partial charge >= 0.3 is 5.97 Å². The third kappa shape index (κ3) is 5.20. The lowest BCUT2D eigenvalue weighted by Crippen LogP contribution is -2.44. The van der Waals surface area contributed by atoms with Gasteiger partial charge in [0, 0.05) is 17.1 Å². The molecule has 1 saturated heterocycles. The first kappa shape index (κ1) is 17.7. The van der Waals surface area contributed by atoms with Crippen molar-refractivity contribution in [2.45, 2.75) is 32.2 Å². The number of benzene rings is 1. The summed E-state index contributed by atoms with van der Waals surface area (Å²) < 4.78 is 24.1. The molecule has 2 rings (SSSR count). The number of likely N-dealkylation sites (tertiary alicyclic amines) is 1. The van der Waals surface area contributed by atoms with Crippen LogP contribution in [0.4, 0.5) is 4.39 Å². The van der Waals surface area contributed by atoms with E-state index in [0.29, 0.717) is 11.0 Å². The minimum atomic E-state index is -0.703. The maximum absolute atomic E-state index is 13.5. The molecule has 1 unspecified atom stereocenters. The van der Waals surface area contributed by atoms with Crippen LogP contribution in [0.25, 0.3) is 0 Å². The topological polar surface area (TPSA) is 55.8 Å². The van der Waals surface area contributed by atoms with Gasteiger partial charge in [-0.2, -0.15) is 0 Å². The molecule has 1 aliphatic heterocycles. The van der Waals surface area contributed by atoms with Gasteiger partial charge in [0.2, 0.25) is 0 Å². The van der Waals surface area contributed by atoms with Crippen molar-refractivity contribution in [2.24, 2.45) is 0 Å². The number of rotatable bonds is 5. The van der Waals surface area contributed by atoms with Crippen molar-refractivity contribution in [1.82, 2.24) is 4.90 Å². The second-order valence-electron chi connectivity index (χ2n) is 5.46. The van der Waals surface area contributed by atoms with Gasteiger partial charge in [-0.1, -0.05) is 15.9 Å². The summed E-state index contributed by atoms with van der Waals surface area (Å²) >= 11 is 3.13. The highest BCUT2D eigenvalue weighted by molar-refractivity contribution is 9.10. The average Bonchev–Trinajstić information content (AvgIpc) is 2.52. The van der Waals surface area contributed by atoms with E-state index in [2.05, 4.69) is 15.9 Å². The quantitative estimate of drug-likeness (QED) is 0.728. The predicted octanol–water partition coefficient (Wildman–Crippen LogP) is 2.91. The zero-order valence-electron chi connectivity index (χ0n) is 12.9. The summed E-state index contributed by atoms with van der Waals surface area (Å²) in [5, 5.41) is 0. The number of nitrogens with zero attached hydrogens (tertiary/aromatic N) is 1. The van der Waals surface area contributed by atoms with Gasteiger partial charge in [0.1, 0.15) is 0 Å². The molecule has 1 aromatic carbocycles. The van der Waals surface area contributed by atoms with Gasteiger partial charge in [-0.25, -0.2) is 9.18 Å². The highest BCUT2D eigenvalue weighted by Crippen LogP contribution is 2.21. The van der Waals surface area contributed by atoms with Crippen LogP contribution in [0.1, 0.15) is 26.2 Å². The van der Waals surface area contributed by atoms with Crippen LogP contribution in [0.3, 0.4) is 0 Å². The maximum atomic E-state index is 13.5. The first-order valence-electron chi connectivity index (χ1n) is 7.50. The van der Waals surface area contributed by atoms with Crippen molar-refractivity contribution in [3.63, 3.8) is 0 Å². The Morgan fingerprint density at radius 3 is 2.83 bits per heavy atom. The lowest BCUT2D eigenvalue weighted by Gasteiger charge is -2.33. The Morgan fingerprint density at radius 1 is 1.35 bits per heavy atom. The van der Waals surface area contributed by atoms with Crippen molar-refractivity contribution in [1.29, 1.82) is 0 Å². The van der Waals surface area contributed by atoms with E-state index in [0.717, 1.165) is 19.3 Å². The van der Waals surface area contributed by atoms with Crippen LogP contribution in [0.5, 0.6) is 5.75 Å². The smallest absolute Gasteiger partial charge is 0.344 e. The van der Waals surface area contributed by atoms with Gasteiger partial charge in [0.05, 0.1) is 0 Å². The molecule has 1 aliphatic rings. The second-order valence-corrected chi connectivity index (χ2v) is 6.37. The standard InChI is InChI=1S/C16H19BrFNO4/c1-11-4-2-3-7-19(11)15(20)9-23-16(21)10-22-14-6-5-12(17)8-13(14)18/h5-6,8,11H,2-4,7,9-10H2,1H3. The molecule has 1 amide bonds. The zero-order valence-corrected chi connectivity index (χ0v) is 14.5. The average molecular weight is 388 g/mol. The van der Waals surface area contributed by atoms with E-state index in [1.165, 1.54) is 12.1 Å². The van der Waals surface area contributed by atoms with Crippen molar-refractivity contribution in [2.75, 3.05) is 19.8 Å². The predicted molar refractivity (Wildman–Crippen MR) is 85.6 cm³/mol. The fourth-order valence-corrected chi connectivity index (χ4v) is 2.80. The van der Waals surface area contributed by atoms with Crippen LogP contribution in [0.2, 0.25) is 0 Å². The van der Waals surface area contributed by atoms with Gasteiger partial charge < -0.3 is 14.4 Å². The molecule has 0 aromatic heterocycles. The van der Waals surface area contributed by atoms with Gasteiger partial charge in [-0.3, -0.25) is 4.79 Å². The van der Waals surface area contributed by atoms with Crippen LogP contribution in [-0.2, 0) is 14.3 Å². The highest BCUT2D eigenvalue weighted by atomic mass is 79.9. The van der Waals surface area contributed by atoms with Gasteiger partial charge in [-0.15, -0.1) is 0 Å². The van der Waals surface area contributed by atoms with Gasteiger partial charge in [0.25, 0.3) is 5.91 Å². The first-order chi connectivity index (χ1) is 11.0. The number of halogens is 2. The summed E-state index contributed by atoms with van der Waals surface area (Å²) in [6, 6.07) is 4.42. The Kier molecular flexibility index (Phi) is 6.38. The van der Waals surface area contributed by atoms with E-state index >= 15 is 0 Å². The number of hydrogen-bond donors (Lipinski definition) is 0. The van der Waals surface area contributed by atoms with E-state index in [9.17, 15) is 14.0 Å². The lowest BCUT2D eigenvalue weighted by molar-refractivity contribution is -0.155. The summed E-state index contributed by atoms with van der Waals surface area (Å²) in [6.45, 7) is 1.92. The number of amides is 1. The summed E-state index contributed by atoms with van der Waals surface area (Å²) in [4.78, 5) is 25.4. The summed E-state index contributed by atoms with van der Waals surface area (Å²) in [6.07, 6.45) is 3.04. The van der Waals surface area contributed by atoms with Crippen LogP contribution in [0, 0.1) is 5.82 Å². The highest BCUT2D eigenvalue weighted by Gasteiger charge is 2.24. The Morgan fingerprint density at radius 2 is 2.13 bits per heavy atom. The molecule has 0 saturated carbocycles. The molecule has 1 atom stereocenters. The fourth-order valence-electron chi connectivity index (χ4n) is 2.46. The molecule has 5 nitrogen and oxygen atoms in total. The molecular formula is C16H19BrFNO4. The van der Waals surface area contributed by atoms with Crippen LogP contribution in [0.15, 0.2) is 22.7 Å². The molecule has 0 radical (unpaired) electrons. The summed E-state index contributed by atoms with van der Waals surface area (Å²) in [5.74, 6) is -1.53. The molecule has 23 heavy (non-hydrogen) atoms. The molecule has 0 bridgehead atoms. The molecular weight excluding hydrogens is 369 g/mol. The number of piperidine rings is 1. The molecule has 1 aromatic rings. The number of hydrogen-bond acceptors (Lipinski definition) is 4. The SMILES string of the molecule is CC1CCCCN1C(=O)COC(=O)COc1ccc(Br)cc1F. The van der Waals surface area contributed by atoms with Gasteiger partial charge in [0.15, 0.2) is 24.8 Å². The number of esters is 1. The zero-order chi connectivity index (χ0) is 16.8. The number of ether oxygens (including phenoxy) is 2. The van der Waals surface area contributed by atoms with Gasteiger partial charge in [-0.05, 0) is 44.4 Å². The van der Waals surface area contributed by atoms with E-state index in [1.807, 2.05) is 6.92 Å². The van der Waals surface area contributed by atoms with Crippen molar-refractivity contribution >= 4 is 27.8 Å². The third-order valence-corrected chi connectivity index (χ3v) is 4.21. The third-order valence-electron chi connectivity index (χ3n) is 3.72. The van der Waals surface area contributed by atoms with Crippen molar-refractivity contribution in [3.8, 4) is 5.75 Å². The Hall–Kier alpha value is -1.63. The molecule has 0 spiro atoms. The Labute approximate surface area is 142 Å². The van der Waals surface area contributed by atoms with E-state index < -0.39 is 18.4 Å². The fraction of sp³-hybridized carbons (Fsp3) is 0.500. The van der Waals surface area contributed by atoms with E-state index in [-0.39, 0.29) is 24.3 Å². The molecule has 0 N–H and O–H groups in total. The molecule has 1 heterocycles. The Bertz CT molecular complexity index is 581.